The van der Waals surface area contributed by atoms with Crippen LogP contribution in [0.3, 0.4) is 0 Å². The fourth-order valence-electron chi connectivity index (χ4n) is 7.48. The molecule has 7 aromatic carbocycles. The number of hydrogen-bond acceptors (Lipinski definition) is 1. The molecule has 0 radical (unpaired) electrons. The minimum Gasteiger partial charge on any atom is -0.355 e. The second kappa shape index (κ2) is 11.2. The molecule has 0 spiro atoms. The van der Waals surface area contributed by atoms with Gasteiger partial charge in [-0.2, -0.15) is 0 Å². The van der Waals surface area contributed by atoms with E-state index in [0.717, 1.165) is 12.1 Å². The van der Waals surface area contributed by atoms with E-state index in [9.17, 15) is 0 Å². The standard InChI is InChI=1S/C45H34N2/c1-30-10-9-16-40-42(29-35-13-5-6-14-38(35)45(30)40)46-36-23-18-33(19-24-36)34-22-27-44-41(28-34)39-15-7-8-17-43(39)47(44)37-25-20-32(21-26-37)31-11-3-2-4-12-31/h2-9,11-30,46H,10H2,1H3. The summed E-state index contributed by atoms with van der Waals surface area (Å²) in [7, 11) is 0. The molecule has 0 bridgehead atoms. The fraction of sp³-hybridized carbons (Fsp3) is 0.0667. The smallest absolute Gasteiger partial charge is 0.0541 e. The molecule has 1 aliphatic rings. The van der Waals surface area contributed by atoms with E-state index >= 15 is 0 Å². The minimum atomic E-state index is 0.499. The van der Waals surface area contributed by atoms with Crippen LogP contribution in [0.1, 0.15) is 30.4 Å². The summed E-state index contributed by atoms with van der Waals surface area (Å²) in [5.41, 5.74) is 13.5. The third kappa shape index (κ3) is 4.73. The second-order valence-electron chi connectivity index (χ2n) is 12.7. The Balaban J connectivity index is 1.06. The zero-order chi connectivity index (χ0) is 31.3. The summed E-state index contributed by atoms with van der Waals surface area (Å²) < 4.78 is 2.38. The number of hydrogen-bond donors (Lipinski definition) is 1. The SMILES string of the molecule is CC1CC=Cc2c(Nc3ccc(-c4ccc5c(c4)c4ccccc4n5-c4ccc(-c5ccccc5)cc4)cc3)cc3ccccc3c21. The third-order valence-corrected chi connectivity index (χ3v) is 9.80. The van der Waals surface area contributed by atoms with E-state index in [1.54, 1.807) is 0 Å². The highest BCUT2D eigenvalue weighted by Gasteiger charge is 2.19. The lowest BCUT2D eigenvalue weighted by molar-refractivity contribution is 0.779. The van der Waals surface area contributed by atoms with Crippen LogP contribution in [0.5, 0.6) is 0 Å². The molecule has 0 fully saturated rings. The summed E-state index contributed by atoms with van der Waals surface area (Å²) >= 11 is 0. The van der Waals surface area contributed by atoms with Gasteiger partial charge in [0.2, 0.25) is 0 Å². The molecule has 1 aromatic heterocycles. The Morgan fingerprint density at radius 1 is 0.553 bits per heavy atom. The van der Waals surface area contributed by atoms with E-state index in [-0.39, 0.29) is 0 Å². The van der Waals surface area contributed by atoms with Crippen LogP contribution in [0.4, 0.5) is 11.4 Å². The zero-order valence-electron chi connectivity index (χ0n) is 26.3. The summed E-state index contributed by atoms with van der Waals surface area (Å²) in [4.78, 5) is 0. The Labute approximate surface area is 275 Å². The van der Waals surface area contributed by atoms with Crippen LogP contribution in [-0.2, 0) is 0 Å². The lowest BCUT2D eigenvalue weighted by atomic mass is 9.83. The maximum absolute atomic E-state index is 3.76. The van der Waals surface area contributed by atoms with Crippen LogP contribution in [0.2, 0.25) is 0 Å². The molecule has 47 heavy (non-hydrogen) atoms. The molecule has 2 nitrogen and oxygen atoms in total. The first-order valence-corrected chi connectivity index (χ1v) is 16.5. The van der Waals surface area contributed by atoms with E-state index in [1.165, 1.54) is 77.3 Å². The number of benzene rings is 7. The van der Waals surface area contributed by atoms with Crippen molar-refractivity contribution in [1.29, 1.82) is 0 Å². The Morgan fingerprint density at radius 2 is 1.19 bits per heavy atom. The molecule has 0 aliphatic heterocycles. The maximum atomic E-state index is 3.76. The minimum absolute atomic E-state index is 0.499. The van der Waals surface area contributed by atoms with Crippen molar-refractivity contribution in [2.45, 2.75) is 19.3 Å². The number of anilines is 2. The van der Waals surface area contributed by atoms with E-state index in [4.69, 9.17) is 0 Å². The topological polar surface area (TPSA) is 17.0 Å². The largest absolute Gasteiger partial charge is 0.355 e. The summed E-state index contributed by atoms with van der Waals surface area (Å²) in [5.74, 6) is 0.499. The van der Waals surface area contributed by atoms with Crippen molar-refractivity contribution in [3.8, 4) is 27.9 Å². The Hall–Kier alpha value is -5.86. The van der Waals surface area contributed by atoms with Gasteiger partial charge < -0.3 is 9.88 Å². The highest BCUT2D eigenvalue weighted by Crippen LogP contribution is 2.41. The van der Waals surface area contributed by atoms with Gasteiger partial charge in [0.25, 0.3) is 0 Å². The first-order chi connectivity index (χ1) is 23.2. The van der Waals surface area contributed by atoms with Gasteiger partial charge in [-0.25, -0.2) is 0 Å². The molecule has 1 N–H and O–H groups in total. The first-order valence-electron chi connectivity index (χ1n) is 16.5. The predicted octanol–water partition coefficient (Wildman–Crippen LogP) is 12.5. The van der Waals surface area contributed by atoms with E-state index in [2.05, 4.69) is 181 Å². The Bertz CT molecular complexity index is 2450. The quantitative estimate of drug-likeness (QED) is 0.207. The molecule has 0 saturated heterocycles. The summed E-state index contributed by atoms with van der Waals surface area (Å²) in [6.07, 6.45) is 5.68. The first kappa shape index (κ1) is 27.5. The summed E-state index contributed by atoms with van der Waals surface area (Å²) in [6, 6.07) is 55.0. The molecule has 1 aliphatic carbocycles. The van der Waals surface area contributed by atoms with Gasteiger partial charge in [-0.05, 0) is 99.5 Å². The maximum Gasteiger partial charge on any atom is 0.0541 e. The van der Waals surface area contributed by atoms with Crippen LogP contribution < -0.4 is 5.32 Å². The zero-order valence-corrected chi connectivity index (χ0v) is 26.3. The molecule has 8 aromatic rings. The van der Waals surface area contributed by atoms with Gasteiger partial charge in [0.1, 0.15) is 0 Å². The van der Waals surface area contributed by atoms with Crippen LogP contribution in [0, 0.1) is 0 Å². The van der Waals surface area contributed by atoms with Crippen molar-refractivity contribution < 1.29 is 0 Å². The average molecular weight is 603 g/mol. The fourth-order valence-corrected chi connectivity index (χ4v) is 7.48. The number of nitrogens with one attached hydrogen (secondary N) is 1. The van der Waals surface area contributed by atoms with Gasteiger partial charge in [0, 0.05) is 33.4 Å². The van der Waals surface area contributed by atoms with Crippen LogP contribution in [0.15, 0.2) is 158 Å². The summed E-state index contributed by atoms with van der Waals surface area (Å²) in [5, 5.41) is 8.93. The Morgan fingerprint density at radius 3 is 2.02 bits per heavy atom. The van der Waals surface area contributed by atoms with Crippen molar-refractivity contribution in [2.75, 3.05) is 5.32 Å². The van der Waals surface area contributed by atoms with Gasteiger partial charge in [-0.15, -0.1) is 0 Å². The van der Waals surface area contributed by atoms with Gasteiger partial charge in [0.15, 0.2) is 0 Å². The van der Waals surface area contributed by atoms with Gasteiger partial charge in [0.05, 0.1) is 11.0 Å². The molecular formula is C45H34N2. The third-order valence-electron chi connectivity index (χ3n) is 9.80. The lowest BCUT2D eigenvalue weighted by Crippen LogP contribution is -2.05. The molecule has 0 saturated carbocycles. The molecule has 1 heterocycles. The van der Waals surface area contributed by atoms with Crippen molar-refractivity contribution in [2.24, 2.45) is 0 Å². The van der Waals surface area contributed by atoms with Crippen molar-refractivity contribution in [3.05, 3.63) is 169 Å². The van der Waals surface area contributed by atoms with Crippen molar-refractivity contribution >= 4 is 50.0 Å². The molecule has 0 amide bonds. The van der Waals surface area contributed by atoms with Crippen LogP contribution in [-0.4, -0.2) is 4.57 Å². The average Bonchev–Trinajstić information content (AvgIpc) is 3.46. The van der Waals surface area contributed by atoms with Gasteiger partial charge in [-0.3, -0.25) is 0 Å². The van der Waals surface area contributed by atoms with Gasteiger partial charge in [-0.1, -0.05) is 122 Å². The monoisotopic (exact) mass is 602 g/mol. The van der Waals surface area contributed by atoms with Crippen molar-refractivity contribution in [3.63, 3.8) is 0 Å². The van der Waals surface area contributed by atoms with E-state index < -0.39 is 0 Å². The van der Waals surface area contributed by atoms with Crippen LogP contribution >= 0.6 is 0 Å². The number of para-hydroxylation sites is 1. The van der Waals surface area contributed by atoms with Crippen LogP contribution in [0.25, 0.3) is 66.6 Å². The number of fused-ring (bicyclic) bond motifs is 6. The molecule has 9 rings (SSSR count). The lowest BCUT2D eigenvalue weighted by Gasteiger charge is -2.24. The molecular weight excluding hydrogens is 569 g/mol. The number of aromatic nitrogens is 1. The number of allylic oxidation sites excluding steroid dienone is 1. The number of nitrogens with zero attached hydrogens (tertiary/aromatic N) is 1. The molecule has 2 heteroatoms. The molecule has 1 atom stereocenters. The van der Waals surface area contributed by atoms with Crippen molar-refractivity contribution in [1.82, 2.24) is 4.57 Å². The van der Waals surface area contributed by atoms with E-state index in [0.29, 0.717) is 5.92 Å². The van der Waals surface area contributed by atoms with Gasteiger partial charge >= 0.3 is 0 Å². The van der Waals surface area contributed by atoms with E-state index in [1.807, 2.05) is 0 Å². The normalized spacial score (nSPS) is 14.1. The highest BCUT2D eigenvalue weighted by atomic mass is 15.0. The predicted molar refractivity (Wildman–Crippen MR) is 201 cm³/mol. The number of rotatable bonds is 5. The molecule has 224 valence electrons. The second-order valence-corrected chi connectivity index (χ2v) is 12.7. The molecule has 1 unspecified atom stereocenters. The highest BCUT2D eigenvalue weighted by molar-refractivity contribution is 6.10. The summed E-state index contributed by atoms with van der Waals surface area (Å²) in [6.45, 7) is 2.34. The Kier molecular flexibility index (Phi) is 6.53.